The van der Waals surface area contributed by atoms with Gasteiger partial charge in [0.15, 0.2) is 0 Å². The van der Waals surface area contributed by atoms with Crippen molar-refractivity contribution in [3.05, 3.63) is 116 Å². The molecule has 4 nitrogen and oxygen atoms in total. The van der Waals surface area contributed by atoms with Crippen molar-refractivity contribution < 1.29 is 26.7 Å². The third kappa shape index (κ3) is 5.66. The number of benzene rings is 3. The fourth-order valence-electron chi connectivity index (χ4n) is 3.61. The van der Waals surface area contributed by atoms with Gasteiger partial charge >= 0.3 is 0 Å². The summed E-state index contributed by atoms with van der Waals surface area (Å²) in [5, 5.41) is 9.48. The molecule has 0 aliphatic carbocycles. The number of hydrogen-bond acceptors (Lipinski definition) is 3. The van der Waals surface area contributed by atoms with Gasteiger partial charge in [-0.2, -0.15) is 14.0 Å². The Balaban J connectivity index is 1.87. The Kier molecular flexibility index (Phi) is 7.35. The van der Waals surface area contributed by atoms with Crippen molar-refractivity contribution in [2.75, 3.05) is 0 Å². The van der Waals surface area contributed by atoms with Crippen molar-refractivity contribution in [3.8, 4) is 28.8 Å². The van der Waals surface area contributed by atoms with Crippen molar-refractivity contribution in [1.29, 1.82) is 5.26 Å². The largest absolute Gasteiger partial charge is 0.456 e. The monoisotopic (exact) mass is 548 g/mol. The highest BCUT2D eigenvalue weighted by Gasteiger charge is 2.32. The van der Waals surface area contributed by atoms with E-state index in [2.05, 4.69) is 0 Å². The summed E-state index contributed by atoms with van der Waals surface area (Å²) in [6.45, 7) is -0.483. The number of aromatic nitrogens is 1. The molecule has 0 bridgehead atoms. The summed E-state index contributed by atoms with van der Waals surface area (Å²) in [5.74, 6) is -1.83. The Labute approximate surface area is 214 Å². The van der Waals surface area contributed by atoms with Gasteiger partial charge in [0.05, 0.1) is 17.3 Å². The maximum absolute atomic E-state index is 14.4. The molecular formula is C26H15ClF5N2O2P. The first-order valence-electron chi connectivity index (χ1n) is 10.5. The van der Waals surface area contributed by atoms with E-state index >= 15 is 0 Å². The first-order valence-corrected chi connectivity index (χ1v) is 11.5. The minimum atomic E-state index is -3.63. The summed E-state index contributed by atoms with van der Waals surface area (Å²) < 4.78 is 76.2. The minimum absolute atomic E-state index is 0.0253. The molecule has 0 amide bonds. The zero-order chi connectivity index (χ0) is 26.9. The van der Waals surface area contributed by atoms with Crippen LogP contribution in [-0.4, -0.2) is 4.57 Å². The van der Waals surface area contributed by atoms with Crippen molar-refractivity contribution in [2.45, 2.75) is 12.2 Å². The summed E-state index contributed by atoms with van der Waals surface area (Å²) in [4.78, 5) is 13.2. The lowest BCUT2D eigenvalue weighted by Crippen LogP contribution is -2.28. The van der Waals surface area contributed by atoms with Crippen LogP contribution in [0.4, 0.5) is 22.0 Å². The van der Waals surface area contributed by atoms with E-state index in [1.165, 1.54) is 57.8 Å². The van der Waals surface area contributed by atoms with Gasteiger partial charge in [-0.25, -0.2) is 13.2 Å². The van der Waals surface area contributed by atoms with Crippen LogP contribution in [0.1, 0.15) is 16.7 Å². The molecule has 188 valence electrons. The minimum Gasteiger partial charge on any atom is -0.456 e. The highest BCUT2D eigenvalue weighted by atomic mass is 35.5. The Morgan fingerprint density at radius 2 is 1.65 bits per heavy atom. The van der Waals surface area contributed by atoms with E-state index < -0.39 is 46.3 Å². The molecule has 0 fully saturated rings. The number of ether oxygens (including phenoxy) is 1. The van der Waals surface area contributed by atoms with Gasteiger partial charge in [-0.15, -0.1) is 0 Å². The molecule has 0 spiro atoms. The highest BCUT2D eigenvalue weighted by molar-refractivity contribution is 7.17. The van der Waals surface area contributed by atoms with Crippen LogP contribution >= 0.6 is 20.8 Å². The van der Waals surface area contributed by atoms with Crippen LogP contribution in [0.15, 0.2) is 71.5 Å². The number of rotatable bonds is 6. The van der Waals surface area contributed by atoms with Crippen LogP contribution in [0, 0.1) is 28.8 Å². The number of alkyl halides is 2. The topological polar surface area (TPSA) is 55.0 Å². The summed E-state index contributed by atoms with van der Waals surface area (Å²) in [7, 11) is 1.28. The third-order valence-electron chi connectivity index (χ3n) is 5.38. The molecule has 4 aromatic rings. The third-order valence-corrected chi connectivity index (χ3v) is 5.99. The predicted molar refractivity (Wildman–Crippen MR) is 131 cm³/mol. The molecule has 0 aliphatic heterocycles. The fraction of sp³-hybridized carbons (Fsp3) is 0.0769. The maximum Gasteiger partial charge on any atom is 0.285 e. The van der Waals surface area contributed by atoms with E-state index in [1.54, 1.807) is 0 Å². The van der Waals surface area contributed by atoms with Gasteiger partial charge in [0.25, 0.3) is 11.2 Å². The Hall–Kier alpha value is -3.73. The summed E-state index contributed by atoms with van der Waals surface area (Å²) in [6.07, 6.45) is 0. The van der Waals surface area contributed by atoms with E-state index in [1.807, 2.05) is 0 Å². The molecular weight excluding hydrogens is 534 g/mol. The molecule has 0 saturated carbocycles. The highest BCUT2D eigenvalue weighted by Crippen LogP contribution is 2.39. The molecule has 1 heterocycles. The number of nitriles is 1. The predicted octanol–water partition coefficient (Wildman–Crippen LogP) is 7.22. The van der Waals surface area contributed by atoms with Crippen LogP contribution in [-0.2, 0) is 12.2 Å². The van der Waals surface area contributed by atoms with E-state index in [9.17, 15) is 32.0 Å². The molecule has 4 rings (SSSR count). The summed E-state index contributed by atoms with van der Waals surface area (Å²) in [5.41, 5.74) is -6.43. The Bertz CT molecular complexity index is 1600. The lowest BCUT2D eigenvalue weighted by molar-refractivity contribution is 0.103. The number of hydrogen-bond donors (Lipinski definition) is 0. The normalized spacial score (nSPS) is 11.3. The number of halogens is 6. The zero-order valence-electron chi connectivity index (χ0n) is 18.6. The van der Waals surface area contributed by atoms with E-state index in [0.717, 1.165) is 22.8 Å². The van der Waals surface area contributed by atoms with Gasteiger partial charge in [-0.1, -0.05) is 26.9 Å². The van der Waals surface area contributed by atoms with Crippen LogP contribution in [0.5, 0.6) is 11.5 Å². The molecule has 0 saturated heterocycles. The Morgan fingerprint density at radius 3 is 2.24 bits per heavy atom. The maximum atomic E-state index is 14.4. The molecule has 0 radical (unpaired) electrons. The molecule has 0 N–H and O–H groups in total. The average Bonchev–Trinajstić information content (AvgIpc) is 2.83. The van der Waals surface area contributed by atoms with Gasteiger partial charge in [0, 0.05) is 22.8 Å². The van der Waals surface area contributed by atoms with Crippen molar-refractivity contribution in [3.63, 3.8) is 0 Å². The summed E-state index contributed by atoms with van der Waals surface area (Å²) >= 11 is 6.35. The quantitative estimate of drug-likeness (QED) is 0.189. The van der Waals surface area contributed by atoms with E-state index in [0.29, 0.717) is 6.07 Å². The molecule has 3 aromatic carbocycles. The van der Waals surface area contributed by atoms with Gasteiger partial charge in [-0.3, -0.25) is 4.79 Å². The SMILES string of the molecule is N#Cc1c(C(F)(F)P)cc(-c2ccc(Oc3ccc(F)cc3)c(Cl)c2)n(Cc2ccc(F)cc2F)c1=O. The zero-order valence-corrected chi connectivity index (χ0v) is 20.5. The van der Waals surface area contributed by atoms with Gasteiger partial charge < -0.3 is 9.30 Å². The second kappa shape index (κ2) is 10.3. The number of pyridine rings is 1. The van der Waals surface area contributed by atoms with Gasteiger partial charge in [-0.05, 0) is 54.6 Å². The first kappa shape index (κ1) is 26.3. The summed E-state index contributed by atoms with van der Waals surface area (Å²) in [6, 6.07) is 14.5. The molecule has 1 aromatic heterocycles. The van der Waals surface area contributed by atoms with Crippen LogP contribution in [0.3, 0.4) is 0 Å². The number of nitrogens with zero attached hydrogens (tertiary/aromatic N) is 2. The molecule has 0 aliphatic rings. The van der Waals surface area contributed by atoms with Gasteiger partial charge in [0.1, 0.15) is 40.6 Å². The standard InChI is InChI=1S/C26H15ClF5N2O2P/c27-21-9-14(2-8-24(21)36-18-6-4-16(28)5-7-18)23-11-20(26(31,32)37)19(12-33)25(35)34(23)13-15-1-3-17(29)10-22(15)30/h1-11H,13,37H2. The second-order valence-electron chi connectivity index (χ2n) is 7.88. The van der Waals surface area contributed by atoms with Crippen LogP contribution < -0.4 is 10.3 Å². The molecule has 37 heavy (non-hydrogen) atoms. The molecule has 1 unspecified atom stereocenters. The second-order valence-corrected chi connectivity index (χ2v) is 9.01. The average molecular weight is 549 g/mol. The van der Waals surface area contributed by atoms with E-state index in [-0.39, 0.29) is 33.3 Å². The van der Waals surface area contributed by atoms with Gasteiger partial charge in [0.2, 0.25) is 0 Å². The molecule has 1 atom stereocenters. The van der Waals surface area contributed by atoms with Crippen LogP contribution in [0.25, 0.3) is 11.3 Å². The first-order chi connectivity index (χ1) is 17.5. The smallest absolute Gasteiger partial charge is 0.285 e. The Morgan fingerprint density at radius 1 is 0.973 bits per heavy atom. The lowest BCUT2D eigenvalue weighted by atomic mass is 10.0. The van der Waals surface area contributed by atoms with Crippen molar-refractivity contribution >= 4 is 20.8 Å². The van der Waals surface area contributed by atoms with Crippen molar-refractivity contribution in [1.82, 2.24) is 4.57 Å². The van der Waals surface area contributed by atoms with Crippen LogP contribution in [0.2, 0.25) is 5.02 Å². The lowest BCUT2D eigenvalue weighted by Gasteiger charge is -2.20. The fourth-order valence-corrected chi connectivity index (χ4v) is 4.05. The van der Waals surface area contributed by atoms with Crippen molar-refractivity contribution in [2.24, 2.45) is 0 Å². The molecule has 11 heteroatoms. The van der Waals surface area contributed by atoms with E-state index in [4.69, 9.17) is 16.3 Å².